The molecule has 2 heterocycles. The highest BCUT2D eigenvalue weighted by Gasteiger charge is 2.33. The van der Waals surface area contributed by atoms with Gasteiger partial charge in [0, 0.05) is 38.9 Å². The van der Waals surface area contributed by atoms with Crippen LogP contribution in [-0.4, -0.2) is 54.5 Å². The number of nitrogens with zero attached hydrogens (tertiary/aromatic N) is 2. The van der Waals surface area contributed by atoms with Crippen molar-refractivity contribution in [3.8, 4) is 17.2 Å². The van der Waals surface area contributed by atoms with Crippen molar-refractivity contribution in [3.05, 3.63) is 89.5 Å². The van der Waals surface area contributed by atoms with Gasteiger partial charge in [0.2, 0.25) is 5.91 Å². The number of carbonyl (C=O) groups excluding carboxylic acids is 1. The van der Waals surface area contributed by atoms with Crippen LogP contribution in [0.5, 0.6) is 17.2 Å². The van der Waals surface area contributed by atoms with Crippen molar-refractivity contribution in [1.29, 1.82) is 0 Å². The first-order valence-electron chi connectivity index (χ1n) is 14.4. The first-order chi connectivity index (χ1) is 19.7. The molecule has 0 radical (unpaired) electrons. The van der Waals surface area contributed by atoms with Crippen molar-refractivity contribution in [2.45, 2.75) is 57.2 Å². The van der Waals surface area contributed by atoms with Crippen LogP contribution in [0.1, 0.15) is 54.7 Å². The fourth-order valence-corrected chi connectivity index (χ4v) is 5.73. The zero-order valence-electron chi connectivity index (χ0n) is 23.4. The number of benzene rings is 3. The highest BCUT2D eigenvalue weighted by molar-refractivity contribution is 5.76. The van der Waals surface area contributed by atoms with Crippen molar-refractivity contribution in [1.82, 2.24) is 9.80 Å². The molecule has 0 atom stereocenters. The predicted molar refractivity (Wildman–Crippen MR) is 152 cm³/mol. The molecule has 2 aliphatic heterocycles. The van der Waals surface area contributed by atoms with E-state index in [4.69, 9.17) is 9.47 Å². The number of likely N-dealkylation sites (tertiary alicyclic amines) is 2. The normalized spacial score (nSPS) is 17.4. The lowest BCUT2D eigenvalue weighted by molar-refractivity contribution is -0.138. The van der Waals surface area contributed by atoms with Gasteiger partial charge in [0.1, 0.15) is 23.4 Å². The number of piperidine rings is 2. The van der Waals surface area contributed by atoms with E-state index in [0.29, 0.717) is 38.3 Å². The molecule has 2 fully saturated rings. The lowest BCUT2D eigenvalue weighted by Crippen LogP contribution is -2.43. The van der Waals surface area contributed by atoms with Crippen LogP contribution in [0.25, 0.3) is 0 Å². The summed E-state index contributed by atoms with van der Waals surface area (Å²) in [4.78, 5) is 17.1. The van der Waals surface area contributed by atoms with Gasteiger partial charge in [-0.1, -0.05) is 36.4 Å². The second kappa shape index (κ2) is 13.0. The minimum absolute atomic E-state index is 0.134. The molecule has 5 nitrogen and oxygen atoms in total. The number of para-hydroxylation sites is 1. The summed E-state index contributed by atoms with van der Waals surface area (Å²) in [5.74, 6) is 2.53. The van der Waals surface area contributed by atoms with Crippen molar-refractivity contribution in [2.75, 3.05) is 32.7 Å². The summed E-state index contributed by atoms with van der Waals surface area (Å²) in [6, 6.07) is 22.2. The molecule has 1 amide bonds. The third-order valence-corrected chi connectivity index (χ3v) is 8.17. The van der Waals surface area contributed by atoms with Crippen molar-refractivity contribution in [3.63, 3.8) is 0 Å². The Bertz CT molecular complexity index is 1280. The van der Waals surface area contributed by atoms with Crippen LogP contribution in [0.15, 0.2) is 72.8 Å². The average Bonchev–Trinajstić information content (AvgIpc) is 2.98. The second-order valence-electron chi connectivity index (χ2n) is 11.0. The molecule has 3 aromatic rings. The number of hydrogen-bond donors (Lipinski definition) is 0. The van der Waals surface area contributed by atoms with Gasteiger partial charge in [0.25, 0.3) is 0 Å². The minimum Gasteiger partial charge on any atom is -0.490 e. The summed E-state index contributed by atoms with van der Waals surface area (Å²) in [7, 11) is 0. The number of carbonyl (C=O) groups is 1. The maximum absolute atomic E-state index is 13.2. The van der Waals surface area contributed by atoms with E-state index in [2.05, 4.69) is 17.0 Å². The smallest absolute Gasteiger partial charge is 0.416 e. The zero-order chi connectivity index (χ0) is 28.8. The van der Waals surface area contributed by atoms with Gasteiger partial charge in [-0.25, -0.2) is 0 Å². The lowest BCUT2D eigenvalue weighted by Gasteiger charge is -2.34. The quantitative estimate of drug-likeness (QED) is 0.284. The topological polar surface area (TPSA) is 42.0 Å². The van der Waals surface area contributed by atoms with Gasteiger partial charge < -0.3 is 19.3 Å². The Morgan fingerprint density at radius 1 is 0.829 bits per heavy atom. The van der Waals surface area contributed by atoms with Gasteiger partial charge in [-0.15, -0.1) is 0 Å². The minimum atomic E-state index is -4.40. The van der Waals surface area contributed by atoms with E-state index in [1.807, 2.05) is 47.4 Å². The van der Waals surface area contributed by atoms with E-state index < -0.39 is 11.7 Å². The Kier molecular flexibility index (Phi) is 9.18. The maximum atomic E-state index is 13.2. The monoisotopic (exact) mass is 566 g/mol. The van der Waals surface area contributed by atoms with Gasteiger partial charge in [-0.05, 0) is 86.3 Å². The van der Waals surface area contributed by atoms with Crippen LogP contribution in [0.2, 0.25) is 0 Å². The van der Waals surface area contributed by atoms with Gasteiger partial charge in [-0.3, -0.25) is 4.79 Å². The van der Waals surface area contributed by atoms with Gasteiger partial charge in [0.15, 0.2) is 0 Å². The van der Waals surface area contributed by atoms with E-state index in [0.717, 1.165) is 50.0 Å². The molecule has 0 saturated carbocycles. The Morgan fingerprint density at radius 3 is 2.12 bits per heavy atom. The molecule has 0 aromatic heterocycles. The number of ether oxygens (including phenoxy) is 2. The Hall–Kier alpha value is -3.52. The van der Waals surface area contributed by atoms with E-state index in [9.17, 15) is 18.0 Å². The van der Waals surface area contributed by atoms with Crippen LogP contribution in [0, 0.1) is 6.92 Å². The standard InChI is InChI=1S/C33H37F3N2O3/c1-24-7-10-30(23-31(24)33(34,35)36)41-29-15-21-38(22-16-29)32(39)17-20-37-18-13-26(14-19-37)25-8-11-28(12-9-25)40-27-5-3-2-4-6-27/h2-12,23,26,29H,13-22H2,1H3. The summed E-state index contributed by atoms with van der Waals surface area (Å²) in [5.41, 5.74) is 0.835. The van der Waals surface area contributed by atoms with E-state index >= 15 is 0 Å². The molecule has 2 saturated heterocycles. The average molecular weight is 567 g/mol. The number of alkyl halides is 3. The summed E-state index contributed by atoms with van der Waals surface area (Å²) in [5, 5.41) is 0. The number of rotatable bonds is 8. The molecule has 0 N–H and O–H groups in total. The van der Waals surface area contributed by atoms with Crippen LogP contribution < -0.4 is 9.47 Å². The van der Waals surface area contributed by atoms with Crippen LogP contribution in [0.3, 0.4) is 0 Å². The molecule has 0 unspecified atom stereocenters. The number of amides is 1. The van der Waals surface area contributed by atoms with Crippen LogP contribution >= 0.6 is 0 Å². The first kappa shape index (κ1) is 29.0. The third kappa shape index (κ3) is 7.82. The zero-order valence-corrected chi connectivity index (χ0v) is 23.4. The fourth-order valence-electron chi connectivity index (χ4n) is 5.73. The Labute approximate surface area is 239 Å². The molecule has 0 aliphatic carbocycles. The highest BCUT2D eigenvalue weighted by atomic mass is 19.4. The second-order valence-corrected chi connectivity index (χ2v) is 11.0. The molecule has 218 valence electrons. The SMILES string of the molecule is Cc1ccc(OC2CCN(C(=O)CCN3CCC(c4ccc(Oc5ccccc5)cc4)CC3)CC2)cc1C(F)(F)F. The highest BCUT2D eigenvalue weighted by Crippen LogP contribution is 2.35. The molecule has 2 aliphatic rings. The molecular formula is C33H37F3N2O3. The summed E-state index contributed by atoms with van der Waals surface area (Å²) < 4.78 is 51.4. The van der Waals surface area contributed by atoms with Crippen LogP contribution in [-0.2, 0) is 11.0 Å². The number of halogens is 3. The van der Waals surface area contributed by atoms with Crippen molar-refractivity contribution >= 4 is 5.91 Å². The molecule has 41 heavy (non-hydrogen) atoms. The summed E-state index contributed by atoms with van der Waals surface area (Å²) in [6.07, 6.45) is -0.771. The molecule has 0 bridgehead atoms. The number of hydrogen-bond acceptors (Lipinski definition) is 4. The molecule has 3 aromatic carbocycles. The summed E-state index contributed by atoms with van der Waals surface area (Å²) >= 11 is 0. The van der Waals surface area contributed by atoms with Crippen LogP contribution in [0.4, 0.5) is 13.2 Å². The van der Waals surface area contributed by atoms with Gasteiger partial charge in [0.05, 0.1) is 5.56 Å². The van der Waals surface area contributed by atoms with Gasteiger partial charge >= 0.3 is 6.18 Å². The molecule has 0 spiro atoms. The summed E-state index contributed by atoms with van der Waals surface area (Å²) in [6.45, 7) is 5.25. The first-order valence-corrected chi connectivity index (χ1v) is 14.4. The Balaban J connectivity index is 1.01. The van der Waals surface area contributed by atoms with Gasteiger partial charge in [-0.2, -0.15) is 13.2 Å². The number of aryl methyl sites for hydroxylation is 1. The molecular weight excluding hydrogens is 529 g/mol. The largest absolute Gasteiger partial charge is 0.490 e. The fraction of sp³-hybridized carbons (Fsp3) is 0.424. The van der Waals surface area contributed by atoms with E-state index in [-0.39, 0.29) is 23.3 Å². The van der Waals surface area contributed by atoms with Crippen molar-refractivity contribution in [2.24, 2.45) is 0 Å². The van der Waals surface area contributed by atoms with E-state index in [1.54, 1.807) is 6.07 Å². The lowest BCUT2D eigenvalue weighted by atomic mass is 9.89. The van der Waals surface area contributed by atoms with E-state index in [1.165, 1.54) is 18.6 Å². The third-order valence-electron chi connectivity index (χ3n) is 8.17. The molecule has 8 heteroatoms. The maximum Gasteiger partial charge on any atom is 0.416 e. The molecule has 5 rings (SSSR count). The predicted octanol–water partition coefficient (Wildman–Crippen LogP) is 7.45. The van der Waals surface area contributed by atoms with Crippen molar-refractivity contribution < 1.29 is 27.4 Å². The Morgan fingerprint density at radius 2 is 1.46 bits per heavy atom.